The van der Waals surface area contributed by atoms with Crippen molar-refractivity contribution in [1.82, 2.24) is 15.1 Å². The van der Waals surface area contributed by atoms with Crippen molar-refractivity contribution in [2.75, 3.05) is 13.1 Å². The molecule has 0 aromatic carbocycles. The summed E-state index contributed by atoms with van der Waals surface area (Å²) in [6.45, 7) is 3.29. The smallest absolute Gasteiger partial charge is 0.137 e. The van der Waals surface area contributed by atoms with Crippen LogP contribution in [0.4, 0.5) is 0 Å². The van der Waals surface area contributed by atoms with E-state index in [9.17, 15) is 0 Å². The fraction of sp³-hybridized carbons (Fsp3) is 0.462. The molecule has 4 heteroatoms. The molecule has 0 unspecified atom stereocenters. The highest BCUT2D eigenvalue weighted by Crippen LogP contribution is 2.20. The first-order valence-electron chi connectivity index (χ1n) is 6.19. The summed E-state index contributed by atoms with van der Waals surface area (Å²) in [5.41, 5.74) is 1.06. The maximum absolute atomic E-state index is 5.36. The molecule has 90 valence electrons. The lowest BCUT2D eigenvalue weighted by Gasteiger charge is -2.22. The largest absolute Gasteiger partial charge is 0.464 e. The van der Waals surface area contributed by atoms with Gasteiger partial charge in [0.15, 0.2) is 0 Å². The average molecular weight is 231 g/mol. The molecule has 1 fully saturated rings. The van der Waals surface area contributed by atoms with Gasteiger partial charge in [-0.15, -0.1) is 0 Å². The summed E-state index contributed by atoms with van der Waals surface area (Å²) >= 11 is 0. The van der Waals surface area contributed by atoms with Crippen LogP contribution in [0.1, 0.15) is 12.8 Å². The summed E-state index contributed by atoms with van der Waals surface area (Å²) in [6.07, 6.45) is 8.13. The van der Waals surface area contributed by atoms with E-state index < -0.39 is 0 Å². The molecule has 0 atom stereocenters. The third kappa shape index (κ3) is 2.42. The van der Waals surface area contributed by atoms with Crippen molar-refractivity contribution in [3.63, 3.8) is 0 Å². The number of hydrogen-bond acceptors (Lipinski definition) is 3. The standard InChI is InChI=1S/C13H17N3O/c1-2-13(17-7-1)12-8-15-16(10-12)9-11-3-5-14-6-4-11/h1-2,7-8,10-11,14H,3-6,9H2. The Kier molecular flexibility index (Phi) is 2.96. The van der Waals surface area contributed by atoms with Crippen LogP contribution in [0.25, 0.3) is 11.3 Å². The molecule has 17 heavy (non-hydrogen) atoms. The van der Waals surface area contributed by atoms with E-state index in [1.807, 2.05) is 23.0 Å². The minimum absolute atomic E-state index is 0.751. The van der Waals surface area contributed by atoms with E-state index in [0.29, 0.717) is 0 Å². The zero-order valence-corrected chi connectivity index (χ0v) is 9.80. The van der Waals surface area contributed by atoms with E-state index in [1.54, 1.807) is 6.26 Å². The van der Waals surface area contributed by atoms with Gasteiger partial charge in [-0.05, 0) is 44.0 Å². The molecular weight excluding hydrogens is 214 g/mol. The SMILES string of the molecule is c1coc(-c2cnn(CC3CCNCC3)c2)c1. The maximum atomic E-state index is 5.36. The van der Waals surface area contributed by atoms with E-state index in [2.05, 4.69) is 16.6 Å². The molecule has 1 saturated heterocycles. The number of hydrogen-bond donors (Lipinski definition) is 1. The highest BCUT2D eigenvalue weighted by Gasteiger charge is 2.14. The van der Waals surface area contributed by atoms with Gasteiger partial charge in [0.1, 0.15) is 5.76 Å². The molecule has 1 N–H and O–H groups in total. The van der Waals surface area contributed by atoms with Crippen molar-refractivity contribution in [2.45, 2.75) is 19.4 Å². The summed E-state index contributed by atoms with van der Waals surface area (Å²) in [5.74, 6) is 1.64. The molecule has 4 nitrogen and oxygen atoms in total. The summed E-state index contributed by atoms with van der Waals surface area (Å²) in [7, 11) is 0. The number of rotatable bonds is 3. The molecule has 1 aliphatic heterocycles. The van der Waals surface area contributed by atoms with Crippen LogP contribution < -0.4 is 5.32 Å². The quantitative estimate of drug-likeness (QED) is 0.880. The van der Waals surface area contributed by atoms with Crippen molar-refractivity contribution in [2.24, 2.45) is 5.92 Å². The number of piperidine rings is 1. The monoisotopic (exact) mass is 231 g/mol. The van der Waals surface area contributed by atoms with Crippen LogP contribution in [0.3, 0.4) is 0 Å². The maximum Gasteiger partial charge on any atom is 0.137 e. The van der Waals surface area contributed by atoms with Crippen molar-refractivity contribution < 1.29 is 4.42 Å². The van der Waals surface area contributed by atoms with Gasteiger partial charge in [0.05, 0.1) is 18.0 Å². The van der Waals surface area contributed by atoms with Gasteiger partial charge in [-0.25, -0.2) is 0 Å². The highest BCUT2D eigenvalue weighted by molar-refractivity contribution is 5.54. The second kappa shape index (κ2) is 4.75. The molecule has 3 rings (SSSR count). The van der Waals surface area contributed by atoms with Crippen LogP contribution in [0, 0.1) is 5.92 Å². The van der Waals surface area contributed by atoms with Crippen LogP contribution in [-0.4, -0.2) is 22.9 Å². The van der Waals surface area contributed by atoms with Crippen molar-refractivity contribution in [1.29, 1.82) is 0 Å². The average Bonchev–Trinajstić information content (AvgIpc) is 3.00. The molecule has 2 aromatic heterocycles. The van der Waals surface area contributed by atoms with Crippen molar-refractivity contribution in [3.8, 4) is 11.3 Å². The lowest BCUT2D eigenvalue weighted by molar-refractivity contribution is 0.321. The molecule has 1 aliphatic rings. The van der Waals surface area contributed by atoms with E-state index >= 15 is 0 Å². The highest BCUT2D eigenvalue weighted by atomic mass is 16.3. The van der Waals surface area contributed by atoms with Gasteiger partial charge in [-0.3, -0.25) is 4.68 Å². The minimum atomic E-state index is 0.751. The third-order valence-corrected chi connectivity index (χ3v) is 3.34. The predicted molar refractivity (Wildman–Crippen MR) is 65.5 cm³/mol. The normalized spacial score (nSPS) is 17.4. The summed E-state index contributed by atoms with van der Waals surface area (Å²) < 4.78 is 7.40. The number of furan rings is 1. The molecule has 3 heterocycles. The van der Waals surface area contributed by atoms with Gasteiger partial charge >= 0.3 is 0 Å². The van der Waals surface area contributed by atoms with Gasteiger partial charge in [0.2, 0.25) is 0 Å². The number of nitrogens with one attached hydrogen (secondary N) is 1. The van der Waals surface area contributed by atoms with Crippen LogP contribution in [0.15, 0.2) is 35.2 Å². The molecule has 0 bridgehead atoms. The first-order valence-corrected chi connectivity index (χ1v) is 6.19. The molecule has 0 saturated carbocycles. The Morgan fingerprint density at radius 3 is 3.06 bits per heavy atom. The Labute approximate surface area is 101 Å². The van der Waals surface area contributed by atoms with Crippen molar-refractivity contribution >= 4 is 0 Å². The molecule has 2 aromatic rings. The van der Waals surface area contributed by atoms with E-state index in [4.69, 9.17) is 4.42 Å². The summed E-state index contributed by atoms with van der Waals surface area (Å²) in [4.78, 5) is 0. The van der Waals surface area contributed by atoms with Crippen molar-refractivity contribution in [3.05, 3.63) is 30.8 Å². The fourth-order valence-electron chi connectivity index (χ4n) is 2.36. The third-order valence-electron chi connectivity index (χ3n) is 3.34. The number of nitrogens with zero attached hydrogens (tertiary/aromatic N) is 2. The van der Waals surface area contributed by atoms with E-state index in [-0.39, 0.29) is 0 Å². The zero-order valence-electron chi connectivity index (χ0n) is 9.80. The van der Waals surface area contributed by atoms with E-state index in [0.717, 1.165) is 36.9 Å². The fourth-order valence-corrected chi connectivity index (χ4v) is 2.36. The van der Waals surface area contributed by atoms with Crippen LogP contribution in [0.5, 0.6) is 0 Å². The lowest BCUT2D eigenvalue weighted by atomic mass is 9.98. The minimum Gasteiger partial charge on any atom is -0.464 e. The lowest BCUT2D eigenvalue weighted by Crippen LogP contribution is -2.29. The summed E-state index contributed by atoms with van der Waals surface area (Å²) in [6, 6.07) is 3.87. The Balaban J connectivity index is 1.68. The molecule has 0 amide bonds. The topological polar surface area (TPSA) is 43.0 Å². The molecule has 0 radical (unpaired) electrons. The van der Waals surface area contributed by atoms with Crippen LogP contribution in [0.2, 0.25) is 0 Å². The van der Waals surface area contributed by atoms with Gasteiger partial charge in [0.25, 0.3) is 0 Å². The van der Waals surface area contributed by atoms with Gasteiger partial charge in [-0.1, -0.05) is 0 Å². The zero-order chi connectivity index (χ0) is 11.5. The van der Waals surface area contributed by atoms with Gasteiger partial charge in [-0.2, -0.15) is 5.10 Å². The second-order valence-electron chi connectivity index (χ2n) is 4.62. The van der Waals surface area contributed by atoms with Gasteiger partial charge in [0, 0.05) is 12.7 Å². The second-order valence-corrected chi connectivity index (χ2v) is 4.62. The first kappa shape index (κ1) is 10.6. The first-order chi connectivity index (χ1) is 8.42. The Morgan fingerprint density at radius 1 is 1.41 bits per heavy atom. The van der Waals surface area contributed by atoms with Crippen LogP contribution >= 0.6 is 0 Å². The summed E-state index contributed by atoms with van der Waals surface area (Å²) in [5, 5.41) is 7.79. The molecular formula is C13H17N3O. The Hall–Kier alpha value is -1.55. The van der Waals surface area contributed by atoms with Crippen LogP contribution in [-0.2, 0) is 6.54 Å². The van der Waals surface area contributed by atoms with Gasteiger partial charge < -0.3 is 9.73 Å². The molecule has 0 spiro atoms. The van der Waals surface area contributed by atoms with E-state index in [1.165, 1.54) is 12.8 Å². The Morgan fingerprint density at radius 2 is 2.29 bits per heavy atom. The number of aromatic nitrogens is 2. The predicted octanol–water partition coefficient (Wildman–Crippen LogP) is 2.14. The Bertz CT molecular complexity index is 455. The molecule has 0 aliphatic carbocycles.